The smallest absolute Gasteiger partial charge is 0.233 e. The number of amides is 1. The predicted octanol–water partition coefficient (Wildman–Crippen LogP) is 0.523. The van der Waals surface area contributed by atoms with Gasteiger partial charge in [-0.15, -0.1) is 0 Å². The number of rotatable bonds is 4. The van der Waals surface area contributed by atoms with Crippen molar-refractivity contribution in [1.29, 1.82) is 0 Å². The Bertz CT molecular complexity index is 329. The molecular formula is C12H23N3O3. The maximum atomic E-state index is 12.3. The molecule has 4 N–H and O–H groups in total. The summed E-state index contributed by atoms with van der Waals surface area (Å²) in [6.45, 7) is 4.60. The van der Waals surface area contributed by atoms with Crippen LogP contribution in [0.4, 0.5) is 0 Å². The predicted molar refractivity (Wildman–Crippen MR) is 68.2 cm³/mol. The summed E-state index contributed by atoms with van der Waals surface area (Å²) in [5, 5.41) is 21.7. The maximum absolute atomic E-state index is 12.3. The van der Waals surface area contributed by atoms with Crippen molar-refractivity contribution in [2.45, 2.75) is 45.1 Å². The number of nitrogens with zero attached hydrogens (tertiary/aromatic N) is 2. The first-order valence-electron chi connectivity index (χ1n) is 6.40. The third-order valence-corrected chi connectivity index (χ3v) is 3.33. The van der Waals surface area contributed by atoms with E-state index in [0.717, 1.165) is 12.8 Å². The van der Waals surface area contributed by atoms with Gasteiger partial charge in [0.2, 0.25) is 5.91 Å². The Kier molecular flexibility index (Phi) is 4.95. The van der Waals surface area contributed by atoms with Crippen LogP contribution in [0.5, 0.6) is 0 Å². The lowest BCUT2D eigenvalue weighted by Crippen LogP contribution is -2.52. The minimum atomic E-state index is -0.838. The average Bonchev–Trinajstić information content (AvgIpc) is 2.33. The minimum absolute atomic E-state index is 0.0490. The van der Waals surface area contributed by atoms with Crippen molar-refractivity contribution in [3.63, 3.8) is 0 Å². The second-order valence-corrected chi connectivity index (χ2v) is 5.23. The van der Waals surface area contributed by atoms with Gasteiger partial charge in [0.15, 0.2) is 5.84 Å². The molecule has 0 aliphatic carbocycles. The zero-order chi connectivity index (χ0) is 13.8. The minimum Gasteiger partial charge on any atom is -0.409 e. The molecule has 1 rings (SSSR count). The molecule has 1 amide bonds. The molecule has 6 heteroatoms. The molecule has 1 fully saturated rings. The zero-order valence-corrected chi connectivity index (χ0v) is 11.1. The van der Waals surface area contributed by atoms with Crippen LogP contribution in [0.1, 0.15) is 39.5 Å². The number of aliphatic hydroxyl groups is 1. The molecule has 0 radical (unpaired) electrons. The van der Waals surface area contributed by atoms with E-state index in [1.807, 2.05) is 6.92 Å². The van der Waals surface area contributed by atoms with Gasteiger partial charge in [-0.3, -0.25) is 4.79 Å². The molecule has 0 bridgehead atoms. The van der Waals surface area contributed by atoms with Gasteiger partial charge < -0.3 is 20.9 Å². The molecule has 1 aliphatic heterocycles. The molecule has 1 heterocycles. The Hall–Kier alpha value is -1.30. The number of hydrogen-bond donors (Lipinski definition) is 3. The highest BCUT2D eigenvalue weighted by molar-refractivity contribution is 6.02. The highest BCUT2D eigenvalue weighted by atomic mass is 16.4. The van der Waals surface area contributed by atoms with Crippen LogP contribution < -0.4 is 5.73 Å². The average molecular weight is 257 g/mol. The lowest BCUT2D eigenvalue weighted by atomic mass is 9.93. The van der Waals surface area contributed by atoms with Crippen molar-refractivity contribution in [1.82, 2.24) is 4.90 Å². The molecule has 0 aromatic carbocycles. The third-order valence-electron chi connectivity index (χ3n) is 3.33. The number of piperidine rings is 1. The van der Waals surface area contributed by atoms with Crippen molar-refractivity contribution in [2.75, 3.05) is 13.1 Å². The first-order valence-corrected chi connectivity index (χ1v) is 6.40. The van der Waals surface area contributed by atoms with Gasteiger partial charge in [0, 0.05) is 13.1 Å². The summed E-state index contributed by atoms with van der Waals surface area (Å²) in [5.74, 6) is -0.798. The normalized spacial score (nSPS) is 27.1. The summed E-state index contributed by atoms with van der Waals surface area (Å²) in [5.41, 5.74) is 4.73. The number of likely N-dealkylation sites (tertiary alicyclic amines) is 1. The van der Waals surface area contributed by atoms with Crippen LogP contribution in [-0.4, -0.2) is 45.6 Å². The summed E-state index contributed by atoms with van der Waals surface area (Å²) in [7, 11) is 0. The first-order chi connectivity index (χ1) is 8.41. The van der Waals surface area contributed by atoms with Crippen molar-refractivity contribution >= 4 is 11.7 Å². The summed E-state index contributed by atoms with van der Waals surface area (Å²) in [4.78, 5) is 13.9. The highest BCUT2D eigenvalue weighted by Gasteiger charge is 2.34. The van der Waals surface area contributed by atoms with Gasteiger partial charge in [0.05, 0.1) is 11.5 Å². The fraction of sp³-hybridized carbons (Fsp3) is 0.833. The molecule has 1 aliphatic rings. The third kappa shape index (κ3) is 3.60. The Labute approximate surface area is 107 Å². The van der Waals surface area contributed by atoms with Crippen LogP contribution in [0.2, 0.25) is 0 Å². The molecule has 0 saturated carbocycles. The topological polar surface area (TPSA) is 99.2 Å². The molecule has 0 aromatic rings. The van der Waals surface area contributed by atoms with E-state index in [1.54, 1.807) is 11.8 Å². The van der Waals surface area contributed by atoms with Gasteiger partial charge in [0.25, 0.3) is 0 Å². The fourth-order valence-corrected chi connectivity index (χ4v) is 2.38. The molecule has 1 saturated heterocycles. The second kappa shape index (κ2) is 6.04. The maximum Gasteiger partial charge on any atom is 0.233 e. The van der Waals surface area contributed by atoms with Gasteiger partial charge in [-0.2, -0.15) is 0 Å². The van der Waals surface area contributed by atoms with Crippen LogP contribution in [0.25, 0.3) is 0 Å². The van der Waals surface area contributed by atoms with E-state index in [0.29, 0.717) is 25.9 Å². The lowest BCUT2D eigenvalue weighted by molar-refractivity contribution is -0.139. The summed E-state index contributed by atoms with van der Waals surface area (Å²) in [6, 6.07) is 0. The summed E-state index contributed by atoms with van der Waals surface area (Å²) in [6.07, 6.45) is 2.79. The van der Waals surface area contributed by atoms with E-state index in [4.69, 9.17) is 10.9 Å². The van der Waals surface area contributed by atoms with E-state index in [1.165, 1.54) is 0 Å². The molecule has 0 spiro atoms. The molecule has 18 heavy (non-hydrogen) atoms. The SMILES string of the molecule is CCCC(C(=O)N1CCCC(C)(O)C1)C(N)=NO. The van der Waals surface area contributed by atoms with Gasteiger partial charge in [-0.25, -0.2) is 0 Å². The molecule has 2 atom stereocenters. The summed E-state index contributed by atoms with van der Waals surface area (Å²) < 4.78 is 0. The lowest BCUT2D eigenvalue weighted by Gasteiger charge is -2.38. The highest BCUT2D eigenvalue weighted by Crippen LogP contribution is 2.22. The quantitative estimate of drug-likeness (QED) is 0.296. The number of carbonyl (C=O) groups excluding carboxylic acids is 1. The standard InChI is InChI=1S/C12H23N3O3/c1-3-5-9(10(13)14-18)11(16)15-7-4-6-12(2,17)8-15/h9,17-18H,3-8H2,1-2H3,(H2,13,14). The van der Waals surface area contributed by atoms with Gasteiger partial charge in [0.1, 0.15) is 0 Å². The molecule has 2 unspecified atom stereocenters. The Balaban J connectivity index is 2.76. The number of amidine groups is 1. The Morgan fingerprint density at radius 3 is 2.78 bits per heavy atom. The monoisotopic (exact) mass is 257 g/mol. The zero-order valence-electron chi connectivity index (χ0n) is 11.1. The van der Waals surface area contributed by atoms with E-state index in [2.05, 4.69) is 5.16 Å². The van der Waals surface area contributed by atoms with Crippen molar-refractivity contribution in [3.05, 3.63) is 0 Å². The number of β-amino-alcohol motifs (C(OH)–C–C–N with tert-alkyl or cyclic N) is 1. The van der Waals surface area contributed by atoms with E-state index in [-0.39, 0.29) is 11.7 Å². The van der Waals surface area contributed by atoms with E-state index >= 15 is 0 Å². The number of nitrogens with two attached hydrogens (primary N) is 1. The molecule has 104 valence electrons. The Morgan fingerprint density at radius 2 is 2.28 bits per heavy atom. The van der Waals surface area contributed by atoms with Gasteiger partial charge in [-0.1, -0.05) is 18.5 Å². The first kappa shape index (κ1) is 14.8. The summed E-state index contributed by atoms with van der Waals surface area (Å²) >= 11 is 0. The van der Waals surface area contributed by atoms with Crippen LogP contribution in [0.15, 0.2) is 5.16 Å². The van der Waals surface area contributed by atoms with Crippen molar-refractivity contribution in [3.8, 4) is 0 Å². The largest absolute Gasteiger partial charge is 0.409 e. The second-order valence-electron chi connectivity index (χ2n) is 5.23. The van der Waals surface area contributed by atoms with Crippen LogP contribution >= 0.6 is 0 Å². The van der Waals surface area contributed by atoms with E-state index in [9.17, 15) is 9.90 Å². The Morgan fingerprint density at radius 1 is 1.61 bits per heavy atom. The molecule has 0 aromatic heterocycles. The van der Waals surface area contributed by atoms with E-state index < -0.39 is 11.5 Å². The van der Waals surface area contributed by atoms with Gasteiger partial charge in [-0.05, 0) is 26.2 Å². The number of oxime groups is 1. The van der Waals surface area contributed by atoms with Crippen molar-refractivity contribution in [2.24, 2.45) is 16.8 Å². The fourth-order valence-electron chi connectivity index (χ4n) is 2.38. The van der Waals surface area contributed by atoms with Crippen LogP contribution in [0, 0.1) is 5.92 Å². The van der Waals surface area contributed by atoms with Crippen LogP contribution in [-0.2, 0) is 4.79 Å². The number of hydrogen-bond acceptors (Lipinski definition) is 4. The molecular weight excluding hydrogens is 234 g/mol. The van der Waals surface area contributed by atoms with Gasteiger partial charge >= 0.3 is 0 Å². The van der Waals surface area contributed by atoms with Crippen molar-refractivity contribution < 1.29 is 15.1 Å². The number of carbonyl (C=O) groups is 1. The molecule has 6 nitrogen and oxygen atoms in total. The van der Waals surface area contributed by atoms with Crippen LogP contribution in [0.3, 0.4) is 0 Å².